The molecule has 24 heavy (non-hydrogen) atoms. The number of methoxy groups -OCH3 is 1. The first-order valence-electron chi connectivity index (χ1n) is 7.05. The Hall–Kier alpha value is -2.09. The smallest absolute Gasteiger partial charge is 0.255 e. The fraction of sp³-hybridized carbons (Fsp3) is 0.188. The second kappa shape index (κ2) is 7.65. The first-order valence-corrected chi connectivity index (χ1v) is 8.97. The molecular weight excluding hydrogens is 352 g/mol. The van der Waals surface area contributed by atoms with Crippen molar-refractivity contribution in [1.29, 1.82) is 0 Å². The minimum Gasteiger partial charge on any atom is -0.496 e. The van der Waals surface area contributed by atoms with Gasteiger partial charge in [0.2, 0.25) is 10.0 Å². The standard InChI is InChI=1S/C16H17ClN2O4S/c1-23-15-6-5-12(17)10-14(15)16(20)19-8-7-11-3-2-4-13(9-11)24(18,21)22/h2-6,9-10H,7-8H2,1H3,(H,19,20)(H2,18,21,22). The van der Waals surface area contributed by atoms with E-state index >= 15 is 0 Å². The summed E-state index contributed by atoms with van der Waals surface area (Å²) in [6.45, 7) is 0.322. The van der Waals surface area contributed by atoms with E-state index in [4.69, 9.17) is 21.5 Å². The Balaban J connectivity index is 2.02. The predicted octanol–water partition coefficient (Wildman–Crippen LogP) is 1.97. The van der Waals surface area contributed by atoms with Crippen LogP contribution in [0.15, 0.2) is 47.4 Å². The maximum Gasteiger partial charge on any atom is 0.255 e. The van der Waals surface area contributed by atoms with Crippen LogP contribution in [-0.4, -0.2) is 28.0 Å². The number of primary sulfonamides is 1. The molecule has 0 fully saturated rings. The van der Waals surface area contributed by atoms with Crippen LogP contribution >= 0.6 is 11.6 Å². The van der Waals surface area contributed by atoms with Crippen LogP contribution in [0.2, 0.25) is 5.02 Å². The van der Waals surface area contributed by atoms with Gasteiger partial charge in [-0.25, -0.2) is 13.6 Å². The van der Waals surface area contributed by atoms with Crippen LogP contribution in [0.5, 0.6) is 5.75 Å². The van der Waals surface area contributed by atoms with Gasteiger partial charge in [0.05, 0.1) is 17.6 Å². The number of carbonyl (C=O) groups excluding carboxylic acids is 1. The molecule has 2 aromatic rings. The van der Waals surface area contributed by atoms with E-state index < -0.39 is 10.0 Å². The third-order valence-electron chi connectivity index (χ3n) is 3.33. The lowest BCUT2D eigenvalue weighted by Gasteiger charge is -2.10. The molecule has 2 aromatic carbocycles. The number of carbonyl (C=O) groups is 1. The van der Waals surface area contributed by atoms with Gasteiger partial charge in [0.1, 0.15) is 5.75 Å². The largest absolute Gasteiger partial charge is 0.496 e. The van der Waals surface area contributed by atoms with Crippen molar-refractivity contribution in [2.24, 2.45) is 5.14 Å². The molecule has 0 saturated heterocycles. The zero-order chi connectivity index (χ0) is 17.7. The summed E-state index contributed by atoms with van der Waals surface area (Å²) >= 11 is 5.90. The van der Waals surface area contributed by atoms with Crippen molar-refractivity contribution in [2.45, 2.75) is 11.3 Å². The topological polar surface area (TPSA) is 98.5 Å². The number of benzene rings is 2. The van der Waals surface area contributed by atoms with Crippen molar-refractivity contribution in [1.82, 2.24) is 5.32 Å². The minimum absolute atomic E-state index is 0.0443. The summed E-state index contributed by atoms with van der Waals surface area (Å²) in [6, 6.07) is 11.1. The number of hydrogen-bond acceptors (Lipinski definition) is 4. The summed E-state index contributed by atoms with van der Waals surface area (Å²) < 4.78 is 27.8. The predicted molar refractivity (Wildman–Crippen MR) is 91.9 cm³/mol. The second-order valence-corrected chi connectivity index (χ2v) is 7.04. The van der Waals surface area contributed by atoms with Gasteiger partial charge >= 0.3 is 0 Å². The number of rotatable bonds is 6. The van der Waals surface area contributed by atoms with Crippen LogP contribution in [0, 0.1) is 0 Å². The van der Waals surface area contributed by atoms with E-state index in [1.165, 1.54) is 25.3 Å². The summed E-state index contributed by atoms with van der Waals surface area (Å²) in [5.74, 6) is 0.102. The maximum atomic E-state index is 12.2. The van der Waals surface area contributed by atoms with Crippen LogP contribution < -0.4 is 15.2 Å². The molecule has 0 bridgehead atoms. The molecule has 128 valence electrons. The van der Waals surface area contributed by atoms with Gasteiger partial charge in [-0.1, -0.05) is 23.7 Å². The Labute approximate surface area is 145 Å². The van der Waals surface area contributed by atoms with Gasteiger partial charge in [0.25, 0.3) is 5.91 Å². The highest BCUT2D eigenvalue weighted by molar-refractivity contribution is 7.89. The van der Waals surface area contributed by atoms with Crippen molar-refractivity contribution in [3.05, 3.63) is 58.6 Å². The fourth-order valence-corrected chi connectivity index (χ4v) is 2.91. The SMILES string of the molecule is COc1ccc(Cl)cc1C(=O)NCCc1cccc(S(N)(=O)=O)c1. The monoisotopic (exact) mass is 368 g/mol. The molecule has 0 atom stereocenters. The van der Waals surface area contributed by atoms with Crippen LogP contribution in [-0.2, 0) is 16.4 Å². The summed E-state index contributed by atoms with van der Waals surface area (Å²) in [4.78, 5) is 12.3. The molecule has 0 heterocycles. The molecular formula is C16H17ClN2O4S. The molecule has 0 aliphatic heterocycles. The number of nitrogens with two attached hydrogens (primary N) is 1. The Kier molecular flexibility index (Phi) is 5.82. The van der Waals surface area contributed by atoms with E-state index in [-0.39, 0.29) is 10.8 Å². The van der Waals surface area contributed by atoms with E-state index in [2.05, 4.69) is 5.32 Å². The molecule has 0 unspecified atom stereocenters. The molecule has 0 aliphatic rings. The highest BCUT2D eigenvalue weighted by atomic mass is 35.5. The summed E-state index contributed by atoms with van der Waals surface area (Å²) in [7, 11) is -2.27. The first-order chi connectivity index (χ1) is 11.3. The quantitative estimate of drug-likeness (QED) is 0.814. The van der Waals surface area contributed by atoms with E-state index in [1.54, 1.807) is 24.3 Å². The summed E-state index contributed by atoms with van der Waals surface area (Å²) in [5, 5.41) is 8.28. The van der Waals surface area contributed by atoms with Gasteiger partial charge in [0.15, 0.2) is 0 Å². The Bertz CT molecular complexity index is 853. The average molecular weight is 369 g/mol. The normalized spacial score (nSPS) is 11.1. The number of sulfonamides is 1. The molecule has 2 rings (SSSR count). The van der Waals surface area contributed by atoms with Crippen molar-refractivity contribution in [3.63, 3.8) is 0 Å². The maximum absolute atomic E-state index is 12.2. The van der Waals surface area contributed by atoms with E-state index in [0.717, 1.165) is 5.56 Å². The molecule has 8 heteroatoms. The lowest BCUT2D eigenvalue weighted by molar-refractivity contribution is 0.0951. The van der Waals surface area contributed by atoms with Gasteiger partial charge in [-0.05, 0) is 42.3 Å². The third-order valence-corrected chi connectivity index (χ3v) is 4.48. The van der Waals surface area contributed by atoms with E-state index in [0.29, 0.717) is 29.3 Å². The summed E-state index contributed by atoms with van der Waals surface area (Å²) in [6.07, 6.45) is 0.456. The van der Waals surface area contributed by atoms with Crippen molar-refractivity contribution >= 4 is 27.5 Å². The van der Waals surface area contributed by atoms with E-state index in [9.17, 15) is 13.2 Å². The highest BCUT2D eigenvalue weighted by Gasteiger charge is 2.13. The zero-order valence-electron chi connectivity index (χ0n) is 13.0. The third kappa shape index (κ3) is 4.70. The number of ether oxygens (including phenoxy) is 1. The lowest BCUT2D eigenvalue weighted by Crippen LogP contribution is -2.26. The molecule has 0 radical (unpaired) electrons. The van der Waals surface area contributed by atoms with Crippen molar-refractivity contribution in [2.75, 3.05) is 13.7 Å². The summed E-state index contributed by atoms with van der Waals surface area (Å²) in [5.41, 5.74) is 1.09. The zero-order valence-corrected chi connectivity index (χ0v) is 14.5. The van der Waals surface area contributed by atoms with Gasteiger partial charge in [0, 0.05) is 11.6 Å². The molecule has 1 amide bonds. The van der Waals surface area contributed by atoms with Crippen LogP contribution in [0.3, 0.4) is 0 Å². The molecule has 0 spiro atoms. The van der Waals surface area contributed by atoms with Crippen LogP contribution in [0.25, 0.3) is 0 Å². The number of halogens is 1. The number of hydrogen-bond donors (Lipinski definition) is 2. The lowest BCUT2D eigenvalue weighted by atomic mass is 10.1. The molecule has 6 nitrogen and oxygen atoms in total. The van der Waals surface area contributed by atoms with Crippen molar-refractivity contribution < 1.29 is 17.9 Å². The number of nitrogens with one attached hydrogen (secondary N) is 1. The van der Waals surface area contributed by atoms with Gasteiger partial charge in [-0.15, -0.1) is 0 Å². The van der Waals surface area contributed by atoms with Gasteiger partial charge in [-0.3, -0.25) is 4.79 Å². The number of amides is 1. The first kappa shape index (κ1) is 18.3. The minimum atomic E-state index is -3.74. The van der Waals surface area contributed by atoms with Crippen LogP contribution in [0.1, 0.15) is 15.9 Å². The fourth-order valence-electron chi connectivity index (χ4n) is 2.15. The van der Waals surface area contributed by atoms with Crippen molar-refractivity contribution in [3.8, 4) is 5.75 Å². The molecule has 0 saturated carbocycles. The van der Waals surface area contributed by atoms with Gasteiger partial charge in [-0.2, -0.15) is 0 Å². The second-order valence-electron chi connectivity index (χ2n) is 5.04. The van der Waals surface area contributed by atoms with Gasteiger partial charge < -0.3 is 10.1 Å². The Morgan fingerprint density at radius 2 is 2.00 bits per heavy atom. The molecule has 0 aliphatic carbocycles. The van der Waals surface area contributed by atoms with Crippen LogP contribution in [0.4, 0.5) is 0 Å². The molecule has 3 N–H and O–H groups in total. The molecule has 0 aromatic heterocycles. The highest BCUT2D eigenvalue weighted by Crippen LogP contribution is 2.22. The Morgan fingerprint density at radius 1 is 1.25 bits per heavy atom. The Morgan fingerprint density at radius 3 is 2.67 bits per heavy atom. The van der Waals surface area contributed by atoms with E-state index in [1.807, 2.05) is 0 Å². The average Bonchev–Trinajstić information content (AvgIpc) is 2.54.